The molecule has 0 aliphatic heterocycles. The van der Waals surface area contributed by atoms with Gasteiger partial charge in [-0.1, -0.05) is 6.07 Å². The summed E-state index contributed by atoms with van der Waals surface area (Å²) in [6, 6.07) is 3.22. The molecule has 0 aromatic carbocycles. The zero-order valence-corrected chi connectivity index (χ0v) is 9.49. The van der Waals surface area contributed by atoms with Crippen LogP contribution in [0.3, 0.4) is 0 Å². The van der Waals surface area contributed by atoms with Crippen molar-refractivity contribution < 1.29 is 8.78 Å². The lowest BCUT2D eigenvalue weighted by molar-refractivity contribution is 0.101. The average Bonchev–Trinajstić information content (AvgIpc) is 2.19. The zero-order valence-electron chi connectivity index (χ0n) is 9.49. The molecule has 1 rings (SSSR count). The van der Waals surface area contributed by atoms with Crippen molar-refractivity contribution in [3.8, 4) is 0 Å². The van der Waals surface area contributed by atoms with Gasteiger partial charge in [0.2, 0.25) is 5.56 Å². The van der Waals surface area contributed by atoms with E-state index >= 15 is 0 Å². The number of nitrogens with zero attached hydrogens (tertiary/aromatic N) is 2. The Kier molecular flexibility index (Phi) is 4.61. The molecule has 0 saturated carbocycles. The molecule has 5 heteroatoms. The van der Waals surface area contributed by atoms with Gasteiger partial charge < -0.3 is 9.47 Å². The lowest BCUT2D eigenvalue weighted by Gasteiger charge is -2.15. The molecule has 0 amide bonds. The van der Waals surface area contributed by atoms with Gasteiger partial charge in [0.15, 0.2) is 0 Å². The van der Waals surface area contributed by atoms with Crippen LogP contribution in [0.25, 0.3) is 0 Å². The highest BCUT2D eigenvalue weighted by Gasteiger charge is 2.07. The fourth-order valence-electron chi connectivity index (χ4n) is 1.45. The van der Waals surface area contributed by atoms with Crippen LogP contribution >= 0.6 is 0 Å². The number of rotatable bonds is 5. The summed E-state index contributed by atoms with van der Waals surface area (Å²) < 4.78 is 25.6. The van der Waals surface area contributed by atoms with Crippen molar-refractivity contribution in [2.45, 2.75) is 12.8 Å². The van der Waals surface area contributed by atoms with E-state index in [0.29, 0.717) is 13.0 Å². The van der Waals surface area contributed by atoms with Crippen LogP contribution in [-0.4, -0.2) is 36.0 Å². The third-order valence-corrected chi connectivity index (χ3v) is 2.38. The molecule has 1 aromatic rings. The van der Waals surface area contributed by atoms with Crippen LogP contribution in [0.4, 0.5) is 8.78 Å². The molecule has 16 heavy (non-hydrogen) atoms. The Hall–Kier alpha value is -1.23. The van der Waals surface area contributed by atoms with E-state index in [4.69, 9.17) is 0 Å². The Morgan fingerprint density at radius 2 is 2.12 bits per heavy atom. The van der Waals surface area contributed by atoms with Crippen molar-refractivity contribution in [3.63, 3.8) is 0 Å². The molecule has 0 N–H and O–H groups in total. The van der Waals surface area contributed by atoms with Gasteiger partial charge in [0, 0.05) is 25.9 Å². The quantitative estimate of drug-likeness (QED) is 0.757. The highest BCUT2D eigenvalue weighted by Crippen LogP contribution is 2.00. The molecule has 0 aliphatic rings. The minimum atomic E-state index is -2.30. The van der Waals surface area contributed by atoms with Crippen molar-refractivity contribution in [1.82, 2.24) is 9.47 Å². The maximum Gasteiger partial charge on any atom is 0.251 e. The first kappa shape index (κ1) is 12.8. The second kappa shape index (κ2) is 5.75. The second-order valence-corrected chi connectivity index (χ2v) is 3.89. The summed E-state index contributed by atoms with van der Waals surface area (Å²) in [7, 11) is 3.34. The van der Waals surface area contributed by atoms with Gasteiger partial charge in [0.25, 0.3) is 6.43 Å². The molecule has 0 aliphatic carbocycles. The molecule has 0 saturated heterocycles. The number of hydrogen-bond donors (Lipinski definition) is 0. The van der Waals surface area contributed by atoms with Crippen molar-refractivity contribution in [3.05, 3.63) is 34.2 Å². The summed E-state index contributed by atoms with van der Waals surface area (Å²) >= 11 is 0. The van der Waals surface area contributed by atoms with Gasteiger partial charge >= 0.3 is 0 Å². The summed E-state index contributed by atoms with van der Waals surface area (Å²) in [5.74, 6) is 0. The van der Waals surface area contributed by atoms with E-state index in [1.807, 2.05) is 0 Å². The minimum Gasteiger partial charge on any atom is -0.318 e. The zero-order chi connectivity index (χ0) is 12.1. The largest absolute Gasteiger partial charge is 0.318 e. The number of hydrogen-bond acceptors (Lipinski definition) is 2. The molecular formula is C11H16F2N2O. The van der Waals surface area contributed by atoms with E-state index in [1.165, 1.54) is 10.6 Å². The van der Waals surface area contributed by atoms with Gasteiger partial charge in [-0.15, -0.1) is 0 Å². The molecule has 0 atom stereocenters. The number of aryl methyl sites for hydroxylation is 1. The van der Waals surface area contributed by atoms with Crippen LogP contribution in [0, 0.1) is 0 Å². The van der Waals surface area contributed by atoms with Gasteiger partial charge in [0.05, 0.1) is 6.54 Å². The number of aromatic nitrogens is 1. The Morgan fingerprint density at radius 1 is 1.44 bits per heavy atom. The smallest absolute Gasteiger partial charge is 0.251 e. The first-order chi connectivity index (χ1) is 7.49. The van der Waals surface area contributed by atoms with E-state index in [0.717, 1.165) is 5.56 Å². The highest BCUT2D eigenvalue weighted by molar-refractivity contribution is 5.10. The third kappa shape index (κ3) is 4.10. The van der Waals surface area contributed by atoms with Gasteiger partial charge in [0.1, 0.15) is 0 Å². The van der Waals surface area contributed by atoms with E-state index in [2.05, 4.69) is 0 Å². The van der Waals surface area contributed by atoms with Crippen molar-refractivity contribution in [2.24, 2.45) is 7.05 Å². The molecule has 0 bridgehead atoms. The van der Waals surface area contributed by atoms with E-state index in [9.17, 15) is 13.6 Å². The lowest BCUT2D eigenvalue weighted by Crippen LogP contribution is -2.27. The summed E-state index contributed by atoms with van der Waals surface area (Å²) in [5, 5.41) is 0. The molecule has 1 heterocycles. The Balaban J connectivity index is 2.48. The third-order valence-electron chi connectivity index (χ3n) is 2.38. The maximum atomic E-state index is 12.0. The van der Waals surface area contributed by atoms with E-state index in [1.54, 1.807) is 31.3 Å². The predicted octanol–water partition coefficient (Wildman–Crippen LogP) is 1.12. The summed E-state index contributed by atoms with van der Waals surface area (Å²) in [5.41, 5.74) is 0.910. The standard InChI is InChI=1S/C11H16F2N2O/c1-14(8-10(12)13)6-5-9-3-4-11(16)15(2)7-9/h3-4,7,10H,5-6,8H2,1-2H3. The minimum absolute atomic E-state index is 0.0651. The van der Waals surface area contributed by atoms with Crippen LogP contribution in [0.2, 0.25) is 0 Å². The fourth-order valence-corrected chi connectivity index (χ4v) is 1.45. The normalized spacial score (nSPS) is 11.4. The average molecular weight is 230 g/mol. The van der Waals surface area contributed by atoms with Gasteiger partial charge in [-0.05, 0) is 19.0 Å². The molecule has 0 radical (unpaired) electrons. The molecule has 3 nitrogen and oxygen atoms in total. The van der Waals surface area contributed by atoms with Gasteiger partial charge in [-0.3, -0.25) is 4.79 Å². The van der Waals surface area contributed by atoms with Gasteiger partial charge in [-0.25, -0.2) is 8.78 Å². The summed E-state index contributed by atoms with van der Waals surface area (Å²) in [4.78, 5) is 12.7. The number of pyridine rings is 1. The highest BCUT2D eigenvalue weighted by atomic mass is 19.3. The Bertz CT molecular complexity index is 390. The van der Waals surface area contributed by atoms with Crippen LogP contribution in [0.1, 0.15) is 5.56 Å². The van der Waals surface area contributed by atoms with E-state index < -0.39 is 6.43 Å². The van der Waals surface area contributed by atoms with E-state index in [-0.39, 0.29) is 12.1 Å². The second-order valence-electron chi connectivity index (χ2n) is 3.89. The van der Waals surface area contributed by atoms with Gasteiger partial charge in [-0.2, -0.15) is 0 Å². The molecule has 0 fully saturated rings. The van der Waals surface area contributed by atoms with Crippen molar-refractivity contribution >= 4 is 0 Å². The van der Waals surface area contributed by atoms with Crippen LogP contribution in [0.5, 0.6) is 0 Å². The lowest BCUT2D eigenvalue weighted by atomic mass is 10.2. The Labute approximate surface area is 93.3 Å². The first-order valence-corrected chi connectivity index (χ1v) is 5.11. The van der Waals surface area contributed by atoms with Crippen LogP contribution in [-0.2, 0) is 13.5 Å². The molecule has 90 valence electrons. The molecule has 0 unspecified atom stereocenters. The number of likely N-dealkylation sites (N-methyl/N-ethyl adjacent to an activating group) is 1. The Morgan fingerprint density at radius 3 is 2.69 bits per heavy atom. The monoisotopic (exact) mass is 230 g/mol. The number of alkyl halides is 2. The first-order valence-electron chi connectivity index (χ1n) is 5.11. The molecule has 1 aromatic heterocycles. The maximum absolute atomic E-state index is 12.0. The molecular weight excluding hydrogens is 214 g/mol. The summed E-state index contributed by atoms with van der Waals surface area (Å²) in [6.45, 7) is 0.342. The topological polar surface area (TPSA) is 25.2 Å². The molecule has 0 spiro atoms. The number of halogens is 2. The van der Waals surface area contributed by atoms with Crippen molar-refractivity contribution in [2.75, 3.05) is 20.1 Å². The van der Waals surface area contributed by atoms with Crippen LogP contribution < -0.4 is 5.56 Å². The summed E-state index contributed by atoms with van der Waals surface area (Å²) in [6.07, 6.45) is 0.0979. The predicted molar refractivity (Wildman–Crippen MR) is 58.9 cm³/mol. The SMILES string of the molecule is CN(CCc1ccc(=O)n(C)c1)CC(F)F. The fraction of sp³-hybridized carbons (Fsp3) is 0.545. The van der Waals surface area contributed by atoms with Crippen LogP contribution in [0.15, 0.2) is 23.1 Å². The van der Waals surface area contributed by atoms with Crippen molar-refractivity contribution in [1.29, 1.82) is 0 Å².